The summed E-state index contributed by atoms with van der Waals surface area (Å²) in [6.45, 7) is 1.64. The molecule has 1 aliphatic heterocycles. The van der Waals surface area contributed by atoms with E-state index in [0.717, 1.165) is 15.9 Å². The fourth-order valence-electron chi connectivity index (χ4n) is 3.68. The van der Waals surface area contributed by atoms with Gasteiger partial charge in [-0.15, -0.1) is 11.3 Å². The minimum absolute atomic E-state index is 0.0397. The quantitative estimate of drug-likeness (QED) is 0.595. The molecule has 6 nitrogen and oxygen atoms in total. The number of nitriles is 1. The first-order valence-corrected chi connectivity index (χ1v) is 10.7. The van der Waals surface area contributed by atoms with Crippen molar-refractivity contribution in [3.63, 3.8) is 0 Å². The first kappa shape index (κ1) is 22.2. The smallest absolute Gasteiger partial charge is 0.343 e. The van der Waals surface area contributed by atoms with Crippen molar-refractivity contribution in [2.45, 2.75) is 13.0 Å². The number of benzene rings is 2. The molecule has 0 radical (unpaired) electrons. The van der Waals surface area contributed by atoms with Crippen LogP contribution in [-0.4, -0.2) is 17.1 Å². The summed E-state index contributed by atoms with van der Waals surface area (Å²) in [5.41, 5.74) is 5.29. The molecule has 33 heavy (non-hydrogen) atoms. The molecule has 4 rings (SSSR count). The third-order valence-electron chi connectivity index (χ3n) is 5.15. The number of hydrogen-bond acceptors (Lipinski definition) is 6. The van der Waals surface area contributed by atoms with Gasteiger partial charge in [-0.25, -0.2) is 13.6 Å². The van der Waals surface area contributed by atoms with Gasteiger partial charge in [-0.2, -0.15) is 5.26 Å². The molecule has 0 amide bonds. The Morgan fingerprint density at radius 1 is 1.21 bits per heavy atom. The summed E-state index contributed by atoms with van der Waals surface area (Å²) in [5.74, 6) is -2.00. The molecule has 1 unspecified atom stereocenters. The molecule has 3 aromatic rings. The normalized spacial score (nSPS) is 15.9. The Hall–Kier alpha value is -4.03. The maximum atomic E-state index is 14.8. The SMILES string of the molecule is CCOC(=O)C1=c2sc(=Cc3ccccc3F)c(=O)n2C(c2ccccc2F)C(C#N)=C1N. The summed E-state index contributed by atoms with van der Waals surface area (Å²) in [7, 11) is 0. The standard InChI is InChI=1S/C24H17F2N3O3S/c1-2-32-24(31)19-20(28)15(12-27)21(14-8-4-6-10-17(14)26)29-22(30)18(33-23(19)29)11-13-7-3-5-9-16(13)25/h3-11,21H,2,28H2,1H3. The fraction of sp³-hybridized carbons (Fsp3) is 0.125. The number of fused-ring (bicyclic) bond motifs is 1. The molecule has 1 atom stereocenters. The van der Waals surface area contributed by atoms with Crippen LogP contribution in [0.1, 0.15) is 24.1 Å². The van der Waals surface area contributed by atoms with Crippen molar-refractivity contribution in [2.24, 2.45) is 5.73 Å². The molecule has 0 aliphatic carbocycles. The van der Waals surface area contributed by atoms with E-state index < -0.39 is 29.2 Å². The zero-order valence-corrected chi connectivity index (χ0v) is 18.2. The fourth-order valence-corrected chi connectivity index (χ4v) is 4.84. The lowest BCUT2D eigenvalue weighted by atomic mass is 9.92. The topological polar surface area (TPSA) is 98.1 Å². The summed E-state index contributed by atoms with van der Waals surface area (Å²) in [4.78, 5) is 26.2. The molecular formula is C24H17F2N3O3S. The number of thiazole rings is 1. The van der Waals surface area contributed by atoms with Crippen LogP contribution in [0.25, 0.3) is 11.6 Å². The van der Waals surface area contributed by atoms with E-state index in [1.165, 1.54) is 42.5 Å². The maximum absolute atomic E-state index is 14.8. The predicted molar refractivity (Wildman–Crippen MR) is 119 cm³/mol. The molecule has 0 saturated carbocycles. The largest absolute Gasteiger partial charge is 0.462 e. The number of allylic oxidation sites excluding steroid dienone is 1. The molecule has 0 fully saturated rings. The van der Waals surface area contributed by atoms with Gasteiger partial charge < -0.3 is 10.5 Å². The summed E-state index contributed by atoms with van der Waals surface area (Å²) in [6, 6.07) is 12.3. The van der Waals surface area contributed by atoms with E-state index in [2.05, 4.69) is 0 Å². The average Bonchev–Trinajstić information content (AvgIpc) is 3.10. The van der Waals surface area contributed by atoms with Crippen molar-refractivity contribution in [3.05, 3.63) is 102 Å². The number of aromatic nitrogens is 1. The lowest BCUT2D eigenvalue weighted by molar-refractivity contribution is -0.136. The van der Waals surface area contributed by atoms with Crippen molar-refractivity contribution in [2.75, 3.05) is 6.61 Å². The van der Waals surface area contributed by atoms with Crippen LogP contribution >= 0.6 is 11.3 Å². The maximum Gasteiger partial charge on any atom is 0.343 e. The minimum atomic E-state index is -1.20. The van der Waals surface area contributed by atoms with Crippen molar-refractivity contribution in [3.8, 4) is 6.07 Å². The van der Waals surface area contributed by atoms with Gasteiger partial charge in [-0.05, 0) is 25.1 Å². The summed E-state index contributed by atoms with van der Waals surface area (Å²) in [6.07, 6.45) is 1.34. The Labute approximate surface area is 190 Å². The van der Waals surface area contributed by atoms with Crippen LogP contribution in [0.3, 0.4) is 0 Å². The summed E-state index contributed by atoms with van der Waals surface area (Å²) in [5, 5.41) is 9.86. The average molecular weight is 465 g/mol. The van der Waals surface area contributed by atoms with Gasteiger partial charge in [0.15, 0.2) is 0 Å². The van der Waals surface area contributed by atoms with E-state index in [0.29, 0.717) is 0 Å². The van der Waals surface area contributed by atoms with Crippen LogP contribution in [0.15, 0.2) is 64.6 Å². The molecule has 2 heterocycles. The second kappa shape index (κ2) is 8.84. The molecule has 0 saturated heterocycles. The van der Waals surface area contributed by atoms with Gasteiger partial charge >= 0.3 is 5.97 Å². The summed E-state index contributed by atoms with van der Waals surface area (Å²) < 4.78 is 35.5. The molecular weight excluding hydrogens is 448 g/mol. The first-order valence-electron chi connectivity index (χ1n) is 9.92. The Morgan fingerprint density at radius 3 is 2.52 bits per heavy atom. The Balaban J connectivity index is 2.14. The second-order valence-electron chi connectivity index (χ2n) is 7.07. The van der Waals surface area contributed by atoms with E-state index in [-0.39, 0.29) is 43.8 Å². The van der Waals surface area contributed by atoms with Gasteiger partial charge in [-0.3, -0.25) is 9.36 Å². The van der Waals surface area contributed by atoms with E-state index in [1.807, 2.05) is 6.07 Å². The van der Waals surface area contributed by atoms with E-state index in [9.17, 15) is 23.6 Å². The number of nitrogens with two attached hydrogens (primary N) is 1. The van der Waals surface area contributed by atoms with Gasteiger partial charge in [0.25, 0.3) is 5.56 Å². The molecule has 0 spiro atoms. The number of halogens is 2. The van der Waals surface area contributed by atoms with Gasteiger partial charge in [0, 0.05) is 11.1 Å². The Morgan fingerprint density at radius 2 is 1.88 bits per heavy atom. The van der Waals surface area contributed by atoms with Crippen LogP contribution < -0.4 is 20.5 Å². The highest BCUT2D eigenvalue weighted by molar-refractivity contribution is 7.07. The zero-order valence-electron chi connectivity index (χ0n) is 17.3. The molecule has 0 bridgehead atoms. The summed E-state index contributed by atoms with van der Waals surface area (Å²) >= 11 is 0.893. The lowest BCUT2D eigenvalue weighted by Gasteiger charge is -2.25. The zero-order chi connectivity index (χ0) is 23.7. The van der Waals surface area contributed by atoms with Gasteiger partial charge in [0.1, 0.15) is 27.9 Å². The molecule has 9 heteroatoms. The lowest BCUT2D eigenvalue weighted by Crippen LogP contribution is -2.42. The second-order valence-corrected chi connectivity index (χ2v) is 8.10. The number of carbonyl (C=O) groups is 1. The third kappa shape index (κ3) is 3.75. The molecule has 1 aromatic heterocycles. The highest BCUT2D eigenvalue weighted by atomic mass is 32.1. The van der Waals surface area contributed by atoms with Crippen LogP contribution in [-0.2, 0) is 9.53 Å². The number of esters is 1. The van der Waals surface area contributed by atoms with Crippen LogP contribution in [0.5, 0.6) is 0 Å². The van der Waals surface area contributed by atoms with Crippen molar-refractivity contribution < 1.29 is 18.3 Å². The number of ether oxygens (including phenoxy) is 1. The van der Waals surface area contributed by atoms with Gasteiger partial charge in [-0.1, -0.05) is 36.4 Å². The Bertz CT molecular complexity index is 1530. The van der Waals surface area contributed by atoms with Crippen LogP contribution in [0.4, 0.5) is 8.78 Å². The number of carbonyl (C=O) groups excluding carboxylic acids is 1. The van der Waals surface area contributed by atoms with Gasteiger partial charge in [0.05, 0.1) is 28.5 Å². The van der Waals surface area contributed by atoms with E-state index in [1.54, 1.807) is 19.1 Å². The number of rotatable bonds is 4. The predicted octanol–water partition coefficient (Wildman–Crippen LogP) is 2.07. The molecule has 2 aromatic carbocycles. The Kier molecular flexibility index (Phi) is 5.94. The highest BCUT2D eigenvalue weighted by Gasteiger charge is 2.35. The monoisotopic (exact) mass is 465 g/mol. The first-order chi connectivity index (χ1) is 15.9. The number of nitrogens with zero attached hydrogens (tertiary/aromatic N) is 2. The van der Waals surface area contributed by atoms with Crippen molar-refractivity contribution in [1.82, 2.24) is 4.57 Å². The highest BCUT2D eigenvalue weighted by Crippen LogP contribution is 2.32. The minimum Gasteiger partial charge on any atom is -0.462 e. The van der Waals surface area contributed by atoms with E-state index >= 15 is 0 Å². The molecule has 166 valence electrons. The van der Waals surface area contributed by atoms with Crippen LogP contribution in [0.2, 0.25) is 0 Å². The van der Waals surface area contributed by atoms with Crippen molar-refractivity contribution in [1.29, 1.82) is 5.26 Å². The van der Waals surface area contributed by atoms with Crippen molar-refractivity contribution >= 4 is 29.0 Å². The molecule has 1 aliphatic rings. The van der Waals surface area contributed by atoms with Gasteiger partial charge in [0.2, 0.25) is 0 Å². The van der Waals surface area contributed by atoms with E-state index in [4.69, 9.17) is 10.5 Å². The third-order valence-corrected chi connectivity index (χ3v) is 6.26. The molecule has 2 N–H and O–H groups in total. The van der Waals surface area contributed by atoms with Crippen LogP contribution in [0, 0.1) is 23.0 Å². The number of hydrogen-bond donors (Lipinski definition) is 1.